The molecule has 2 N–H and O–H groups in total. The summed E-state index contributed by atoms with van der Waals surface area (Å²) in [6.07, 6.45) is -4.34. The summed E-state index contributed by atoms with van der Waals surface area (Å²) in [6.45, 7) is 3.23. The van der Waals surface area contributed by atoms with Gasteiger partial charge in [-0.15, -0.1) is 0 Å². The van der Waals surface area contributed by atoms with Gasteiger partial charge in [-0.3, -0.25) is 10.1 Å². The molecular weight excluding hydrogens is 277 g/mol. The first kappa shape index (κ1) is 16.2. The van der Waals surface area contributed by atoms with Crippen molar-refractivity contribution in [3.8, 4) is 0 Å². The summed E-state index contributed by atoms with van der Waals surface area (Å²) < 4.78 is 37.6. The summed E-state index contributed by atoms with van der Waals surface area (Å²) >= 11 is 0. The average molecular weight is 292 g/mol. The maximum absolute atomic E-state index is 12.5. The van der Waals surface area contributed by atoms with E-state index in [1.807, 2.05) is 0 Å². The van der Waals surface area contributed by atoms with E-state index in [1.54, 1.807) is 13.8 Å². The molecule has 0 aliphatic carbocycles. The van der Waals surface area contributed by atoms with Gasteiger partial charge in [0.2, 0.25) is 0 Å². The van der Waals surface area contributed by atoms with E-state index >= 15 is 0 Å². The Morgan fingerprint density at radius 2 is 1.95 bits per heavy atom. The van der Waals surface area contributed by atoms with Gasteiger partial charge in [0.15, 0.2) is 0 Å². The van der Waals surface area contributed by atoms with Gasteiger partial charge in [-0.2, -0.15) is 13.2 Å². The molecule has 112 valence electrons. The van der Waals surface area contributed by atoms with E-state index in [9.17, 15) is 23.3 Å². The molecular formula is C12H15F3N2O3. The second-order valence-electron chi connectivity index (χ2n) is 4.97. The van der Waals surface area contributed by atoms with E-state index < -0.39 is 27.9 Å². The molecule has 0 saturated carbocycles. The van der Waals surface area contributed by atoms with E-state index in [4.69, 9.17) is 5.11 Å². The maximum atomic E-state index is 12.5. The summed E-state index contributed by atoms with van der Waals surface area (Å²) in [6, 6.07) is 2.31. The van der Waals surface area contributed by atoms with E-state index in [0.29, 0.717) is 12.5 Å². The van der Waals surface area contributed by atoms with Crippen LogP contribution in [0.2, 0.25) is 0 Å². The fraction of sp³-hybridized carbons (Fsp3) is 0.500. The fourth-order valence-electron chi connectivity index (χ4n) is 1.67. The Morgan fingerprint density at radius 3 is 2.40 bits per heavy atom. The highest BCUT2D eigenvalue weighted by Gasteiger charge is 2.33. The molecule has 0 atom stereocenters. The zero-order valence-corrected chi connectivity index (χ0v) is 11.0. The van der Waals surface area contributed by atoms with Crippen molar-refractivity contribution >= 4 is 11.4 Å². The number of aliphatic hydroxyl groups is 1. The van der Waals surface area contributed by atoms with Crippen LogP contribution < -0.4 is 5.32 Å². The first-order valence-electron chi connectivity index (χ1n) is 5.81. The third kappa shape index (κ3) is 4.09. The zero-order chi connectivity index (χ0) is 15.6. The van der Waals surface area contributed by atoms with Crippen molar-refractivity contribution in [3.05, 3.63) is 33.9 Å². The van der Waals surface area contributed by atoms with Crippen LogP contribution in [0, 0.1) is 10.1 Å². The van der Waals surface area contributed by atoms with Crippen LogP contribution in [0.25, 0.3) is 0 Å². The molecule has 1 aromatic rings. The van der Waals surface area contributed by atoms with Crippen molar-refractivity contribution in [1.82, 2.24) is 0 Å². The lowest BCUT2D eigenvalue weighted by Gasteiger charge is -2.26. The molecule has 1 aromatic carbocycles. The number of hydrogen-bond acceptors (Lipinski definition) is 4. The first-order valence-corrected chi connectivity index (χ1v) is 5.81. The Kier molecular flexibility index (Phi) is 4.59. The number of benzene rings is 1. The maximum Gasteiger partial charge on any atom is 0.416 e. The Morgan fingerprint density at radius 1 is 1.35 bits per heavy atom. The SMILES string of the molecule is CC(C)(CCO)Nc1ccc(C(F)(F)F)cc1[N+](=O)[O-]. The lowest BCUT2D eigenvalue weighted by molar-refractivity contribution is -0.384. The van der Waals surface area contributed by atoms with Crippen molar-refractivity contribution < 1.29 is 23.2 Å². The minimum atomic E-state index is -4.64. The van der Waals surface area contributed by atoms with Gasteiger partial charge >= 0.3 is 6.18 Å². The molecule has 0 saturated heterocycles. The quantitative estimate of drug-likeness (QED) is 0.645. The van der Waals surface area contributed by atoms with Crippen molar-refractivity contribution in [2.24, 2.45) is 0 Å². The highest BCUT2D eigenvalue weighted by Crippen LogP contribution is 2.36. The number of alkyl halides is 3. The number of nitro benzene ring substituents is 1. The molecule has 1 rings (SSSR count). The van der Waals surface area contributed by atoms with Crippen molar-refractivity contribution in [3.63, 3.8) is 0 Å². The molecule has 20 heavy (non-hydrogen) atoms. The average Bonchev–Trinajstić information content (AvgIpc) is 2.26. The third-order valence-electron chi connectivity index (χ3n) is 2.73. The molecule has 5 nitrogen and oxygen atoms in total. The summed E-state index contributed by atoms with van der Waals surface area (Å²) in [4.78, 5) is 10.0. The van der Waals surface area contributed by atoms with Crippen LogP contribution in [0.5, 0.6) is 0 Å². The molecule has 0 aromatic heterocycles. The molecule has 0 amide bonds. The third-order valence-corrected chi connectivity index (χ3v) is 2.73. The standard InChI is InChI=1S/C12H15F3N2O3/c1-11(2,5-6-18)16-9-4-3-8(12(13,14)15)7-10(9)17(19)20/h3-4,7,16,18H,5-6H2,1-2H3. The van der Waals surface area contributed by atoms with E-state index in [1.165, 1.54) is 0 Å². The number of rotatable bonds is 5. The highest BCUT2D eigenvalue weighted by atomic mass is 19.4. The molecule has 0 radical (unpaired) electrons. The minimum Gasteiger partial charge on any atom is -0.396 e. The smallest absolute Gasteiger partial charge is 0.396 e. The zero-order valence-electron chi connectivity index (χ0n) is 11.0. The second kappa shape index (κ2) is 5.66. The molecule has 8 heteroatoms. The van der Waals surface area contributed by atoms with Crippen molar-refractivity contribution in [2.45, 2.75) is 32.0 Å². The Balaban J connectivity index is 3.18. The molecule has 0 unspecified atom stereocenters. The van der Waals surface area contributed by atoms with E-state index in [0.717, 1.165) is 12.1 Å². The van der Waals surface area contributed by atoms with Crippen LogP contribution in [-0.2, 0) is 6.18 Å². The summed E-state index contributed by atoms with van der Waals surface area (Å²) in [5.74, 6) is 0. The minimum absolute atomic E-state index is 0.0125. The monoisotopic (exact) mass is 292 g/mol. The first-order chi connectivity index (χ1) is 9.07. The lowest BCUT2D eigenvalue weighted by Crippen LogP contribution is -2.32. The van der Waals surface area contributed by atoms with Gasteiger partial charge in [0.25, 0.3) is 5.69 Å². The number of nitrogens with one attached hydrogen (secondary N) is 1. The Labute approximate surface area is 113 Å². The van der Waals surface area contributed by atoms with Gasteiger partial charge in [-0.05, 0) is 32.4 Å². The predicted molar refractivity (Wildman–Crippen MR) is 67.5 cm³/mol. The van der Waals surface area contributed by atoms with Crippen LogP contribution in [0.15, 0.2) is 18.2 Å². The van der Waals surface area contributed by atoms with Gasteiger partial charge in [0, 0.05) is 18.2 Å². The van der Waals surface area contributed by atoms with Crippen molar-refractivity contribution in [1.29, 1.82) is 0 Å². The van der Waals surface area contributed by atoms with Gasteiger partial charge in [-0.25, -0.2) is 0 Å². The summed E-state index contributed by atoms with van der Waals surface area (Å²) in [7, 11) is 0. The number of aliphatic hydroxyl groups excluding tert-OH is 1. The second-order valence-corrected chi connectivity index (χ2v) is 4.97. The van der Waals surface area contributed by atoms with Crippen LogP contribution in [0.1, 0.15) is 25.8 Å². The fourth-order valence-corrected chi connectivity index (χ4v) is 1.67. The topological polar surface area (TPSA) is 75.4 Å². The Bertz CT molecular complexity index is 501. The van der Waals surface area contributed by atoms with Crippen LogP contribution >= 0.6 is 0 Å². The largest absolute Gasteiger partial charge is 0.416 e. The number of nitro groups is 1. The van der Waals surface area contributed by atoms with Crippen molar-refractivity contribution in [2.75, 3.05) is 11.9 Å². The van der Waals surface area contributed by atoms with E-state index in [2.05, 4.69) is 5.32 Å². The summed E-state index contributed by atoms with van der Waals surface area (Å²) in [5.41, 5.74) is -2.42. The van der Waals surface area contributed by atoms with Gasteiger partial charge < -0.3 is 10.4 Å². The van der Waals surface area contributed by atoms with Crippen LogP contribution in [0.4, 0.5) is 24.5 Å². The predicted octanol–water partition coefficient (Wildman–Crippen LogP) is 3.19. The van der Waals surface area contributed by atoms with Crippen LogP contribution in [-0.4, -0.2) is 22.2 Å². The van der Waals surface area contributed by atoms with Crippen LogP contribution in [0.3, 0.4) is 0 Å². The molecule has 0 aliphatic heterocycles. The van der Waals surface area contributed by atoms with E-state index in [-0.39, 0.29) is 12.3 Å². The normalized spacial score (nSPS) is 12.3. The van der Waals surface area contributed by atoms with Gasteiger partial charge in [0.05, 0.1) is 10.5 Å². The molecule has 0 aliphatic rings. The van der Waals surface area contributed by atoms with Gasteiger partial charge in [0.1, 0.15) is 5.69 Å². The number of hydrogen-bond donors (Lipinski definition) is 2. The Hall–Kier alpha value is -1.83. The molecule has 0 bridgehead atoms. The number of nitrogens with zero attached hydrogens (tertiary/aromatic N) is 1. The molecule has 0 spiro atoms. The number of halogens is 3. The highest BCUT2D eigenvalue weighted by molar-refractivity contribution is 5.64. The number of anilines is 1. The molecule has 0 heterocycles. The summed E-state index contributed by atoms with van der Waals surface area (Å²) in [5, 5.41) is 22.6. The van der Waals surface area contributed by atoms with Gasteiger partial charge in [-0.1, -0.05) is 0 Å². The molecule has 0 fully saturated rings. The lowest BCUT2D eigenvalue weighted by atomic mass is 10.00.